The average Bonchev–Trinajstić information content (AvgIpc) is 3.15. The number of halogens is 1. The molecule has 0 aliphatic rings. The molecule has 0 radical (unpaired) electrons. The van der Waals surface area contributed by atoms with Gasteiger partial charge in [-0.15, -0.1) is 22.7 Å². The molecule has 0 saturated carbocycles. The van der Waals surface area contributed by atoms with Crippen LogP contribution in [-0.4, -0.2) is 0 Å². The van der Waals surface area contributed by atoms with Crippen LogP contribution in [0.25, 0.3) is 0 Å². The van der Waals surface area contributed by atoms with E-state index in [1.54, 1.807) is 12.1 Å². The number of thiophene rings is 2. The molecule has 0 aliphatic heterocycles. The van der Waals surface area contributed by atoms with E-state index in [-0.39, 0.29) is 5.82 Å². The standard InChI is InChI=1S/C15H12FOPS2/c16-13-7-5-12(6-8-13)11-18(17,14-3-1-9-19-14)15-4-2-10-20-15/h1-10H,11H2. The first kappa shape index (κ1) is 13.7. The maximum Gasteiger partial charge on any atom is 0.166 e. The zero-order chi connectivity index (χ0) is 14.0. The molecule has 0 amide bonds. The summed E-state index contributed by atoms with van der Waals surface area (Å²) in [7, 11) is -2.65. The van der Waals surface area contributed by atoms with Crippen molar-refractivity contribution in [1.82, 2.24) is 0 Å². The van der Waals surface area contributed by atoms with Crippen LogP contribution in [0.5, 0.6) is 0 Å². The molecule has 0 atom stereocenters. The molecular weight excluding hydrogens is 310 g/mol. The van der Waals surface area contributed by atoms with Crippen LogP contribution < -0.4 is 9.24 Å². The van der Waals surface area contributed by atoms with Crippen LogP contribution in [0.1, 0.15) is 5.56 Å². The summed E-state index contributed by atoms with van der Waals surface area (Å²) in [5, 5.41) is 3.89. The molecule has 0 spiro atoms. The molecule has 2 aromatic heterocycles. The highest BCUT2D eigenvalue weighted by atomic mass is 32.1. The van der Waals surface area contributed by atoms with Crippen molar-refractivity contribution in [3.63, 3.8) is 0 Å². The van der Waals surface area contributed by atoms with Gasteiger partial charge in [0.15, 0.2) is 7.14 Å². The van der Waals surface area contributed by atoms with Gasteiger partial charge in [0.25, 0.3) is 0 Å². The Morgan fingerprint density at radius 1 is 0.900 bits per heavy atom. The van der Waals surface area contributed by atoms with E-state index >= 15 is 0 Å². The van der Waals surface area contributed by atoms with E-state index in [0.29, 0.717) is 6.16 Å². The molecule has 1 nitrogen and oxygen atoms in total. The fourth-order valence-corrected chi connectivity index (χ4v) is 7.76. The molecule has 20 heavy (non-hydrogen) atoms. The van der Waals surface area contributed by atoms with Gasteiger partial charge >= 0.3 is 0 Å². The van der Waals surface area contributed by atoms with Crippen LogP contribution >= 0.6 is 29.8 Å². The Balaban J connectivity index is 2.03. The van der Waals surface area contributed by atoms with E-state index < -0.39 is 7.14 Å². The van der Waals surface area contributed by atoms with Crippen molar-refractivity contribution in [1.29, 1.82) is 0 Å². The lowest BCUT2D eigenvalue weighted by Gasteiger charge is -2.15. The molecule has 0 bridgehead atoms. The topological polar surface area (TPSA) is 17.1 Å². The van der Waals surface area contributed by atoms with E-state index in [9.17, 15) is 8.96 Å². The third kappa shape index (κ3) is 2.64. The number of hydrogen-bond donors (Lipinski definition) is 0. The Kier molecular flexibility index (Phi) is 3.88. The molecule has 0 fully saturated rings. The normalized spacial score (nSPS) is 11.7. The van der Waals surface area contributed by atoms with Gasteiger partial charge in [-0.2, -0.15) is 0 Å². The fraction of sp³-hybridized carbons (Fsp3) is 0.0667. The maximum atomic E-state index is 13.5. The van der Waals surface area contributed by atoms with Crippen LogP contribution in [0.2, 0.25) is 0 Å². The monoisotopic (exact) mass is 322 g/mol. The summed E-state index contributed by atoms with van der Waals surface area (Å²) in [6.07, 6.45) is 0.439. The van der Waals surface area contributed by atoms with E-state index in [0.717, 1.165) is 14.8 Å². The first-order chi connectivity index (χ1) is 9.68. The van der Waals surface area contributed by atoms with Crippen LogP contribution in [0.15, 0.2) is 59.3 Å². The van der Waals surface area contributed by atoms with Crippen LogP contribution in [0.3, 0.4) is 0 Å². The average molecular weight is 322 g/mol. The Labute approximate surface area is 125 Å². The second-order valence-electron chi connectivity index (χ2n) is 4.43. The third-order valence-corrected chi connectivity index (χ3v) is 9.32. The highest BCUT2D eigenvalue weighted by Gasteiger charge is 2.29. The van der Waals surface area contributed by atoms with Crippen molar-refractivity contribution in [3.05, 3.63) is 70.7 Å². The van der Waals surface area contributed by atoms with Crippen LogP contribution in [0, 0.1) is 5.82 Å². The summed E-state index contributed by atoms with van der Waals surface area (Å²) in [5.41, 5.74) is 0.900. The Morgan fingerprint density at radius 2 is 1.45 bits per heavy atom. The molecule has 102 valence electrons. The van der Waals surface area contributed by atoms with Crippen molar-refractivity contribution < 1.29 is 8.96 Å². The van der Waals surface area contributed by atoms with Gasteiger partial charge in [0.2, 0.25) is 0 Å². The van der Waals surface area contributed by atoms with Crippen LogP contribution in [-0.2, 0) is 10.7 Å². The first-order valence-electron chi connectivity index (χ1n) is 6.10. The summed E-state index contributed by atoms with van der Waals surface area (Å²) >= 11 is 3.04. The van der Waals surface area contributed by atoms with Crippen LogP contribution in [0.4, 0.5) is 4.39 Å². The van der Waals surface area contributed by atoms with Gasteiger partial charge in [0, 0.05) is 6.16 Å². The predicted octanol–water partition coefficient (Wildman–Crippen LogP) is 4.46. The summed E-state index contributed by atoms with van der Waals surface area (Å²) < 4.78 is 28.3. The second kappa shape index (κ2) is 5.65. The molecular formula is C15H12FOPS2. The SMILES string of the molecule is O=P(Cc1ccc(F)cc1)(c1cccs1)c1cccs1. The number of benzene rings is 1. The second-order valence-corrected chi connectivity index (χ2v) is 9.69. The van der Waals surface area contributed by atoms with Gasteiger partial charge in [-0.3, -0.25) is 0 Å². The molecule has 0 saturated heterocycles. The predicted molar refractivity (Wildman–Crippen MR) is 85.6 cm³/mol. The Hall–Kier alpha value is -1.22. The van der Waals surface area contributed by atoms with Crippen molar-refractivity contribution in [2.45, 2.75) is 6.16 Å². The Morgan fingerprint density at radius 3 is 1.90 bits per heavy atom. The highest BCUT2D eigenvalue weighted by molar-refractivity contribution is 7.86. The van der Waals surface area contributed by atoms with E-state index in [1.807, 2.05) is 35.0 Å². The van der Waals surface area contributed by atoms with Crippen molar-refractivity contribution in [2.24, 2.45) is 0 Å². The molecule has 0 N–H and O–H groups in total. The van der Waals surface area contributed by atoms with E-state index in [2.05, 4.69) is 0 Å². The quantitative estimate of drug-likeness (QED) is 0.648. The van der Waals surface area contributed by atoms with E-state index in [1.165, 1.54) is 34.8 Å². The van der Waals surface area contributed by atoms with Crippen molar-refractivity contribution in [2.75, 3.05) is 0 Å². The summed E-state index contributed by atoms with van der Waals surface area (Å²) in [6.45, 7) is 0. The van der Waals surface area contributed by atoms with Gasteiger partial charge < -0.3 is 4.57 Å². The zero-order valence-corrected chi connectivity index (χ0v) is 13.1. The highest BCUT2D eigenvalue weighted by Crippen LogP contribution is 2.49. The molecule has 2 heterocycles. The molecule has 0 unspecified atom stereocenters. The minimum atomic E-state index is -2.65. The largest absolute Gasteiger partial charge is 0.312 e. The van der Waals surface area contributed by atoms with Gasteiger partial charge in [0.05, 0.1) is 9.24 Å². The number of hydrogen-bond acceptors (Lipinski definition) is 3. The minimum absolute atomic E-state index is 0.268. The molecule has 0 aliphatic carbocycles. The summed E-state index contributed by atoms with van der Waals surface area (Å²) in [6, 6.07) is 14.0. The van der Waals surface area contributed by atoms with Gasteiger partial charge in [-0.05, 0) is 40.6 Å². The molecule has 3 rings (SSSR count). The van der Waals surface area contributed by atoms with Crippen molar-refractivity contribution in [3.8, 4) is 0 Å². The first-order valence-corrected chi connectivity index (χ1v) is 9.75. The lowest BCUT2D eigenvalue weighted by atomic mass is 10.2. The van der Waals surface area contributed by atoms with Crippen molar-refractivity contribution >= 4 is 39.1 Å². The lowest BCUT2D eigenvalue weighted by Crippen LogP contribution is -2.12. The Bertz CT molecular complexity index is 680. The zero-order valence-electron chi connectivity index (χ0n) is 10.5. The minimum Gasteiger partial charge on any atom is -0.312 e. The van der Waals surface area contributed by atoms with Gasteiger partial charge in [-0.1, -0.05) is 24.3 Å². The summed E-state index contributed by atoms with van der Waals surface area (Å²) in [4.78, 5) is 0. The maximum absolute atomic E-state index is 13.5. The third-order valence-electron chi connectivity index (χ3n) is 3.04. The fourth-order valence-electron chi connectivity index (χ4n) is 2.06. The van der Waals surface area contributed by atoms with E-state index in [4.69, 9.17) is 0 Å². The molecule has 5 heteroatoms. The van der Waals surface area contributed by atoms with Gasteiger partial charge in [-0.25, -0.2) is 4.39 Å². The lowest BCUT2D eigenvalue weighted by molar-refractivity contribution is 0.587. The molecule has 1 aromatic carbocycles. The summed E-state index contributed by atoms with van der Waals surface area (Å²) in [5.74, 6) is -0.268. The van der Waals surface area contributed by atoms with Gasteiger partial charge in [0.1, 0.15) is 5.82 Å². The smallest absolute Gasteiger partial charge is 0.166 e. The molecule has 3 aromatic rings. The number of rotatable bonds is 4.